The maximum absolute atomic E-state index is 11.3. The van der Waals surface area contributed by atoms with Crippen molar-refractivity contribution in [3.63, 3.8) is 0 Å². The number of thioether (sulfide) groups is 1. The number of rotatable bonds is 5. The molecule has 0 aliphatic carbocycles. The Kier molecular flexibility index (Phi) is 5.49. The molecule has 0 aromatic rings. The van der Waals surface area contributed by atoms with Crippen molar-refractivity contribution in [2.45, 2.75) is 19.3 Å². The van der Waals surface area contributed by atoms with Gasteiger partial charge in [0.2, 0.25) is 5.91 Å². The van der Waals surface area contributed by atoms with Gasteiger partial charge in [0, 0.05) is 13.1 Å². The van der Waals surface area contributed by atoms with Gasteiger partial charge in [-0.25, -0.2) is 5.01 Å². The van der Waals surface area contributed by atoms with Gasteiger partial charge in [-0.15, -0.1) is 11.8 Å². The maximum Gasteiger partial charge on any atom is 0.313 e. The fraction of sp³-hybridized carbons (Fsp3) is 0.778. The summed E-state index contributed by atoms with van der Waals surface area (Å²) in [5.74, 6) is -0.801. The van der Waals surface area contributed by atoms with E-state index in [1.807, 2.05) is 5.01 Å². The fourth-order valence-corrected chi connectivity index (χ4v) is 1.97. The molecule has 0 unspecified atom stereocenters. The first-order valence-electron chi connectivity index (χ1n) is 5.02. The van der Waals surface area contributed by atoms with Crippen LogP contribution in [0.5, 0.6) is 0 Å². The standard InChI is InChI=1S/C9H16N2O3S/c12-8(6-15-7-9(13)14)10-11-4-2-1-3-5-11/h1-7H2,(H,10,12)(H,13,14). The summed E-state index contributed by atoms with van der Waals surface area (Å²) in [7, 11) is 0. The summed E-state index contributed by atoms with van der Waals surface area (Å²) in [5, 5.41) is 10.3. The van der Waals surface area contributed by atoms with Crippen LogP contribution in [0.15, 0.2) is 0 Å². The van der Waals surface area contributed by atoms with Gasteiger partial charge in [0.25, 0.3) is 0 Å². The normalized spacial score (nSPS) is 17.3. The third kappa shape index (κ3) is 5.64. The van der Waals surface area contributed by atoms with Crippen LogP contribution in [0.2, 0.25) is 0 Å². The largest absolute Gasteiger partial charge is 0.481 e. The Morgan fingerprint density at radius 2 is 1.87 bits per heavy atom. The van der Waals surface area contributed by atoms with Crippen molar-refractivity contribution in [3.8, 4) is 0 Å². The monoisotopic (exact) mass is 232 g/mol. The summed E-state index contributed by atoms with van der Waals surface area (Å²) < 4.78 is 0. The highest BCUT2D eigenvalue weighted by atomic mass is 32.2. The zero-order valence-corrected chi connectivity index (χ0v) is 9.39. The number of amides is 1. The van der Waals surface area contributed by atoms with Gasteiger partial charge in [-0.05, 0) is 12.8 Å². The number of nitrogens with one attached hydrogen (secondary N) is 1. The number of carboxylic acids is 1. The molecular weight excluding hydrogens is 216 g/mol. The molecule has 86 valence electrons. The van der Waals surface area contributed by atoms with Crippen molar-refractivity contribution in [2.24, 2.45) is 0 Å². The summed E-state index contributed by atoms with van der Waals surface area (Å²) in [5.41, 5.74) is 2.77. The first kappa shape index (κ1) is 12.3. The molecule has 1 heterocycles. The number of carbonyl (C=O) groups is 2. The van der Waals surface area contributed by atoms with Crippen molar-refractivity contribution in [1.29, 1.82) is 0 Å². The van der Waals surface area contributed by atoms with Crippen LogP contribution in [0.25, 0.3) is 0 Å². The molecule has 15 heavy (non-hydrogen) atoms. The molecule has 1 amide bonds. The van der Waals surface area contributed by atoms with Crippen LogP contribution in [-0.2, 0) is 9.59 Å². The molecule has 1 fully saturated rings. The van der Waals surface area contributed by atoms with Crippen molar-refractivity contribution in [3.05, 3.63) is 0 Å². The Morgan fingerprint density at radius 1 is 1.20 bits per heavy atom. The molecule has 0 spiro atoms. The van der Waals surface area contributed by atoms with Crippen molar-refractivity contribution in [2.75, 3.05) is 24.6 Å². The van der Waals surface area contributed by atoms with Crippen molar-refractivity contribution in [1.82, 2.24) is 10.4 Å². The second kappa shape index (κ2) is 6.68. The second-order valence-corrected chi connectivity index (χ2v) is 4.45. The summed E-state index contributed by atoms with van der Waals surface area (Å²) in [6, 6.07) is 0. The highest BCUT2D eigenvalue weighted by Gasteiger charge is 2.12. The summed E-state index contributed by atoms with van der Waals surface area (Å²) >= 11 is 1.12. The molecule has 0 atom stereocenters. The van der Waals surface area contributed by atoms with Crippen LogP contribution in [0.4, 0.5) is 0 Å². The van der Waals surface area contributed by atoms with Crippen LogP contribution in [0, 0.1) is 0 Å². The lowest BCUT2D eigenvalue weighted by atomic mass is 10.2. The Hall–Kier alpha value is -0.750. The van der Waals surface area contributed by atoms with E-state index in [0.717, 1.165) is 37.7 Å². The molecule has 0 radical (unpaired) electrons. The van der Waals surface area contributed by atoms with Gasteiger partial charge in [-0.3, -0.25) is 15.0 Å². The molecule has 0 bridgehead atoms. The van der Waals surface area contributed by atoms with Gasteiger partial charge in [-0.1, -0.05) is 6.42 Å². The van der Waals surface area contributed by atoms with Crippen LogP contribution < -0.4 is 5.43 Å². The molecule has 0 aromatic carbocycles. The van der Waals surface area contributed by atoms with E-state index >= 15 is 0 Å². The van der Waals surface area contributed by atoms with Gasteiger partial charge >= 0.3 is 5.97 Å². The first-order valence-corrected chi connectivity index (χ1v) is 6.18. The maximum atomic E-state index is 11.3. The van der Waals surface area contributed by atoms with Gasteiger partial charge in [0.15, 0.2) is 0 Å². The van der Waals surface area contributed by atoms with Crippen molar-refractivity contribution < 1.29 is 14.7 Å². The third-order valence-electron chi connectivity index (χ3n) is 2.10. The summed E-state index contributed by atoms with van der Waals surface area (Å²) in [6.45, 7) is 1.80. The number of aliphatic carboxylic acids is 1. The minimum atomic E-state index is -0.884. The van der Waals surface area contributed by atoms with E-state index in [-0.39, 0.29) is 17.4 Å². The zero-order valence-electron chi connectivity index (χ0n) is 8.57. The van der Waals surface area contributed by atoms with E-state index in [9.17, 15) is 9.59 Å². The van der Waals surface area contributed by atoms with E-state index in [1.54, 1.807) is 0 Å². The van der Waals surface area contributed by atoms with E-state index < -0.39 is 5.97 Å². The number of carboxylic acid groups (broad SMARTS) is 1. The molecule has 0 aromatic heterocycles. The molecule has 5 nitrogen and oxygen atoms in total. The van der Waals surface area contributed by atoms with E-state index in [4.69, 9.17) is 5.11 Å². The predicted octanol–water partition coefficient (Wildman–Crippen LogP) is 0.321. The Labute approximate surface area is 93.2 Å². The average molecular weight is 232 g/mol. The SMILES string of the molecule is O=C(O)CSCC(=O)NN1CCCCC1. The minimum Gasteiger partial charge on any atom is -0.481 e. The molecule has 1 saturated heterocycles. The van der Waals surface area contributed by atoms with Gasteiger partial charge in [0.1, 0.15) is 0 Å². The quantitative estimate of drug-likeness (QED) is 0.714. The van der Waals surface area contributed by atoms with Crippen molar-refractivity contribution >= 4 is 23.6 Å². The predicted molar refractivity (Wildman–Crippen MR) is 58.5 cm³/mol. The molecule has 1 aliphatic heterocycles. The molecule has 6 heteroatoms. The summed E-state index contributed by atoms with van der Waals surface area (Å²) in [4.78, 5) is 21.5. The Balaban J connectivity index is 2.09. The van der Waals surface area contributed by atoms with E-state index in [0.29, 0.717) is 0 Å². The molecule has 1 rings (SSSR count). The Bertz CT molecular complexity index is 229. The van der Waals surface area contributed by atoms with Gasteiger partial charge in [0.05, 0.1) is 11.5 Å². The zero-order chi connectivity index (χ0) is 11.1. The minimum absolute atomic E-state index is 0.0204. The topological polar surface area (TPSA) is 69.6 Å². The fourth-order valence-electron chi connectivity index (χ4n) is 1.45. The molecular formula is C9H16N2O3S. The molecule has 0 saturated carbocycles. The Morgan fingerprint density at radius 3 is 2.47 bits per heavy atom. The van der Waals surface area contributed by atoms with E-state index in [1.165, 1.54) is 6.42 Å². The lowest BCUT2D eigenvalue weighted by molar-refractivity contribution is -0.133. The lowest BCUT2D eigenvalue weighted by Crippen LogP contribution is -2.45. The van der Waals surface area contributed by atoms with Crippen LogP contribution in [-0.4, -0.2) is 46.6 Å². The van der Waals surface area contributed by atoms with Crippen LogP contribution in [0.1, 0.15) is 19.3 Å². The number of piperidine rings is 1. The first-order chi connectivity index (χ1) is 7.18. The average Bonchev–Trinajstić information content (AvgIpc) is 2.18. The summed E-state index contributed by atoms with van der Waals surface area (Å²) in [6.07, 6.45) is 3.45. The van der Waals surface area contributed by atoms with Crippen LogP contribution >= 0.6 is 11.8 Å². The number of nitrogens with zero attached hydrogens (tertiary/aromatic N) is 1. The third-order valence-corrected chi connectivity index (χ3v) is 3.01. The molecule has 1 aliphatic rings. The van der Waals surface area contributed by atoms with E-state index in [2.05, 4.69) is 5.43 Å². The number of hydrazine groups is 1. The van der Waals surface area contributed by atoms with Gasteiger partial charge < -0.3 is 5.11 Å². The lowest BCUT2D eigenvalue weighted by Gasteiger charge is -2.26. The number of carbonyl (C=O) groups excluding carboxylic acids is 1. The highest BCUT2D eigenvalue weighted by Crippen LogP contribution is 2.06. The number of hydrogen-bond acceptors (Lipinski definition) is 4. The smallest absolute Gasteiger partial charge is 0.313 e. The van der Waals surface area contributed by atoms with Crippen LogP contribution in [0.3, 0.4) is 0 Å². The number of hydrogen-bond donors (Lipinski definition) is 2. The second-order valence-electron chi connectivity index (χ2n) is 3.47. The molecule has 2 N–H and O–H groups in total. The van der Waals surface area contributed by atoms with Gasteiger partial charge in [-0.2, -0.15) is 0 Å². The highest BCUT2D eigenvalue weighted by molar-refractivity contribution is 8.00.